The molecule has 96 valence electrons. The SMILES string of the molecule is CC(C)C1(C(C)C)C=CCc2sc(N)c(C#N)c21. The molecule has 0 saturated heterocycles. The van der Waals surface area contributed by atoms with Crippen molar-refractivity contribution in [2.45, 2.75) is 39.5 Å². The number of rotatable bonds is 2. The summed E-state index contributed by atoms with van der Waals surface area (Å²) in [6, 6.07) is 2.32. The third-order valence-corrected chi connectivity index (χ3v) is 5.20. The summed E-state index contributed by atoms with van der Waals surface area (Å²) in [5.41, 5.74) is 7.88. The van der Waals surface area contributed by atoms with Gasteiger partial charge in [-0.2, -0.15) is 5.26 Å². The molecular weight excluding hydrogens is 240 g/mol. The van der Waals surface area contributed by atoms with E-state index in [0.717, 1.165) is 6.42 Å². The molecule has 2 N–H and O–H groups in total. The zero-order chi connectivity index (χ0) is 13.5. The minimum absolute atomic E-state index is 0.0488. The third-order valence-electron chi connectivity index (χ3n) is 4.16. The highest BCUT2D eigenvalue weighted by Crippen LogP contribution is 2.50. The number of nitriles is 1. The molecule has 1 aromatic heterocycles. The quantitative estimate of drug-likeness (QED) is 0.821. The van der Waals surface area contributed by atoms with Crippen LogP contribution in [-0.2, 0) is 11.8 Å². The number of nitrogen functional groups attached to an aromatic ring is 1. The second-order valence-corrected chi connectivity index (χ2v) is 6.74. The molecule has 0 aliphatic heterocycles. The highest BCUT2D eigenvalue weighted by molar-refractivity contribution is 7.16. The first kappa shape index (κ1) is 13.2. The van der Waals surface area contributed by atoms with Crippen LogP contribution in [0.1, 0.15) is 43.7 Å². The van der Waals surface area contributed by atoms with E-state index in [0.29, 0.717) is 22.4 Å². The summed E-state index contributed by atoms with van der Waals surface area (Å²) in [6.45, 7) is 8.92. The van der Waals surface area contributed by atoms with Gasteiger partial charge in [0.05, 0.1) is 5.56 Å². The van der Waals surface area contributed by atoms with Crippen molar-refractivity contribution in [3.05, 3.63) is 28.2 Å². The van der Waals surface area contributed by atoms with Gasteiger partial charge in [-0.3, -0.25) is 0 Å². The van der Waals surface area contributed by atoms with Crippen molar-refractivity contribution in [2.24, 2.45) is 11.8 Å². The van der Waals surface area contributed by atoms with E-state index in [-0.39, 0.29) is 5.41 Å². The normalized spacial score (nSPS) is 16.9. The molecule has 0 saturated carbocycles. The summed E-state index contributed by atoms with van der Waals surface area (Å²) in [4.78, 5) is 1.27. The maximum Gasteiger partial charge on any atom is 0.104 e. The van der Waals surface area contributed by atoms with E-state index in [1.165, 1.54) is 10.4 Å². The molecule has 1 heterocycles. The lowest BCUT2D eigenvalue weighted by Crippen LogP contribution is -2.38. The van der Waals surface area contributed by atoms with E-state index in [4.69, 9.17) is 5.73 Å². The largest absolute Gasteiger partial charge is 0.389 e. The van der Waals surface area contributed by atoms with Gasteiger partial charge in [0, 0.05) is 16.7 Å². The number of hydrogen-bond donors (Lipinski definition) is 1. The zero-order valence-corrected chi connectivity index (χ0v) is 12.3. The second-order valence-electron chi connectivity index (χ2n) is 5.60. The van der Waals surface area contributed by atoms with Gasteiger partial charge in [-0.05, 0) is 17.4 Å². The van der Waals surface area contributed by atoms with Gasteiger partial charge in [0.25, 0.3) is 0 Å². The van der Waals surface area contributed by atoms with Gasteiger partial charge in [0.2, 0.25) is 0 Å². The second kappa shape index (κ2) is 4.44. The van der Waals surface area contributed by atoms with Gasteiger partial charge in [-0.15, -0.1) is 11.3 Å². The van der Waals surface area contributed by atoms with E-state index in [1.54, 1.807) is 11.3 Å². The fourth-order valence-electron chi connectivity index (χ4n) is 3.28. The fourth-order valence-corrected chi connectivity index (χ4v) is 4.36. The first-order chi connectivity index (χ1) is 8.45. The van der Waals surface area contributed by atoms with Gasteiger partial charge in [0.1, 0.15) is 11.1 Å². The van der Waals surface area contributed by atoms with Crippen LogP contribution in [-0.4, -0.2) is 0 Å². The molecule has 1 aromatic rings. The Morgan fingerprint density at radius 1 is 1.33 bits per heavy atom. The molecule has 1 aliphatic carbocycles. The van der Waals surface area contributed by atoms with Crippen LogP contribution in [0, 0.1) is 23.2 Å². The fraction of sp³-hybridized carbons (Fsp3) is 0.533. The van der Waals surface area contributed by atoms with Crippen molar-refractivity contribution in [1.82, 2.24) is 0 Å². The van der Waals surface area contributed by atoms with Crippen molar-refractivity contribution in [3.63, 3.8) is 0 Å². The van der Waals surface area contributed by atoms with Crippen molar-refractivity contribution in [1.29, 1.82) is 5.26 Å². The van der Waals surface area contributed by atoms with Crippen LogP contribution in [0.15, 0.2) is 12.2 Å². The van der Waals surface area contributed by atoms with Gasteiger partial charge >= 0.3 is 0 Å². The molecule has 0 bridgehead atoms. The highest BCUT2D eigenvalue weighted by atomic mass is 32.1. The van der Waals surface area contributed by atoms with E-state index in [9.17, 15) is 5.26 Å². The summed E-state index contributed by atoms with van der Waals surface area (Å²) < 4.78 is 0. The Kier molecular flexibility index (Phi) is 3.25. The van der Waals surface area contributed by atoms with Crippen molar-refractivity contribution in [2.75, 3.05) is 5.73 Å². The predicted molar refractivity (Wildman–Crippen MR) is 77.6 cm³/mol. The molecule has 0 spiro atoms. The Bertz CT molecular complexity index is 521. The number of hydrogen-bond acceptors (Lipinski definition) is 3. The lowest BCUT2D eigenvalue weighted by atomic mass is 9.62. The standard InChI is InChI=1S/C15H20N2S/c1-9(2)15(10(3)4)7-5-6-12-13(15)11(8-16)14(17)18-12/h5,7,9-10H,6,17H2,1-4H3. The first-order valence-corrected chi connectivity index (χ1v) is 7.26. The minimum Gasteiger partial charge on any atom is -0.389 e. The number of nitrogens with zero attached hydrogens (tertiary/aromatic N) is 1. The minimum atomic E-state index is -0.0488. The molecule has 2 rings (SSSR count). The average molecular weight is 260 g/mol. The summed E-state index contributed by atoms with van der Waals surface area (Å²) in [5, 5.41) is 10.1. The van der Waals surface area contributed by atoms with Crippen LogP contribution in [0.2, 0.25) is 0 Å². The Morgan fingerprint density at radius 2 is 1.94 bits per heavy atom. The molecular formula is C15H20N2S. The molecule has 1 aliphatic rings. The van der Waals surface area contributed by atoms with Crippen LogP contribution < -0.4 is 5.73 Å². The molecule has 3 heteroatoms. The van der Waals surface area contributed by atoms with Gasteiger partial charge in [-0.25, -0.2) is 0 Å². The Hall–Kier alpha value is -1.27. The molecule has 18 heavy (non-hydrogen) atoms. The molecule has 0 amide bonds. The number of anilines is 1. The predicted octanol–water partition coefficient (Wildman–Crippen LogP) is 3.86. The van der Waals surface area contributed by atoms with Crippen molar-refractivity contribution >= 4 is 16.3 Å². The molecule has 0 aromatic carbocycles. The Morgan fingerprint density at radius 3 is 2.44 bits per heavy atom. The number of fused-ring (bicyclic) bond motifs is 1. The van der Waals surface area contributed by atoms with E-state index >= 15 is 0 Å². The molecule has 0 radical (unpaired) electrons. The van der Waals surface area contributed by atoms with Gasteiger partial charge in [-0.1, -0.05) is 39.8 Å². The van der Waals surface area contributed by atoms with Crippen LogP contribution >= 0.6 is 11.3 Å². The van der Waals surface area contributed by atoms with Gasteiger partial charge < -0.3 is 5.73 Å². The third kappa shape index (κ3) is 1.59. The average Bonchev–Trinajstić information content (AvgIpc) is 2.63. The molecule has 2 nitrogen and oxygen atoms in total. The summed E-state index contributed by atoms with van der Waals surface area (Å²) in [6.07, 6.45) is 5.45. The summed E-state index contributed by atoms with van der Waals surface area (Å²) >= 11 is 1.58. The summed E-state index contributed by atoms with van der Waals surface area (Å²) in [7, 11) is 0. The maximum atomic E-state index is 9.41. The maximum absolute atomic E-state index is 9.41. The van der Waals surface area contributed by atoms with Crippen LogP contribution in [0.3, 0.4) is 0 Å². The molecule has 0 fully saturated rings. The Balaban J connectivity index is 2.77. The monoisotopic (exact) mass is 260 g/mol. The van der Waals surface area contributed by atoms with Crippen LogP contribution in [0.4, 0.5) is 5.00 Å². The summed E-state index contributed by atoms with van der Waals surface area (Å²) in [5.74, 6) is 0.905. The van der Waals surface area contributed by atoms with Crippen LogP contribution in [0.25, 0.3) is 0 Å². The highest BCUT2D eigenvalue weighted by Gasteiger charge is 2.42. The lowest BCUT2D eigenvalue weighted by molar-refractivity contribution is 0.281. The van der Waals surface area contributed by atoms with Crippen LogP contribution in [0.5, 0.6) is 0 Å². The number of nitrogens with two attached hydrogens (primary N) is 1. The van der Waals surface area contributed by atoms with E-state index in [2.05, 4.69) is 45.9 Å². The van der Waals surface area contributed by atoms with Crippen molar-refractivity contribution in [3.8, 4) is 6.07 Å². The van der Waals surface area contributed by atoms with E-state index in [1.807, 2.05) is 0 Å². The lowest BCUT2D eigenvalue weighted by Gasteiger charge is -2.41. The molecule has 0 atom stereocenters. The first-order valence-electron chi connectivity index (χ1n) is 6.44. The number of thiophene rings is 1. The van der Waals surface area contributed by atoms with E-state index < -0.39 is 0 Å². The number of allylic oxidation sites excluding steroid dienone is 2. The Labute approximate surface area is 113 Å². The topological polar surface area (TPSA) is 49.8 Å². The smallest absolute Gasteiger partial charge is 0.104 e. The zero-order valence-electron chi connectivity index (χ0n) is 11.4. The van der Waals surface area contributed by atoms with Gasteiger partial charge in [0.15, 0.2) is 0 Å². The molecule has 0 unspecified atom stereocenters. The van der Waals surface area contributed by atoms with Crippen molar-refractivity contribution < 1.29 is 0 Å².